The Morgan fingerprint density at radius 1 is 0.423 bits per heavy atom. The van der Waals surface area contributed by atoms with E-state index < -0.39 is 0 Å². The molecule has 2 atom stereocenters. The molecule has 2 aliphatic rings. The molecule has 52 heavy (non-hydrogen) atoms. The maximum atomic E-state index is 5.09. The van der Waals surface area contributed by atoms with Crippen molar-refractivity contribution in [3.63, 3.8) is 0 Å². The Bertz CT molecular complexity index is 2480. The van der Waals surface area contributed by atoms with Gasteiger partial charge in [-0.3, -0.25) is 4.98 Å². The summed E-state index contributed by atoms with van der Waals surface area (Å²) in [6.07, 6.45) is 3.98. The second-order valence-electron chi connectivity index (χ2n) is 13.3. The largest absolute Gasteiger partial charge is 0.333 e. The van der Waals surface area contributed by atoms with Crippen LogP contribution in [0.5, 0.6) is 0 Å². The average Bonchev–Trinajstić information content (AvgIpc) is 3.51. The first kappa shape index (κ1) is 30.0. The first-order valence-corrected chi connectivity index (χ1v) is 17.7. The number of anilines is 5. The van der Waals surface area contributed by atoms with Gasteiger partial charge < -0.3 is 9.80 Å². The summed E-state index contributed by atoms with van der Waals surface area (Å²) in [7, 11) is 0. The summed E-state index contributed by atoms with van der Waals surface area (Å²) in [5, 5.41) is 0. The van der Waals surface area contributed by atoms with Crippen LogP contribution in [0.2, 0.25) is 0 Å². The lowest BCUT2D eigenvalue weighted by atomic mass is 9.85. The number of fused-ring (bicyclic) bond motifs is 7. The molecule has 5 heteroatoms. The SMILES string of the molecule is c1ccc(-c2cc(-c3ccc(N4c5ccncc5C5c6ccccc6N(c6ccccc6)c6ccccc6C54)cc3)nc(-c3ccccc3)n2)cc1. The summed E-state index contributed by atoms with van der Waals surface area (Å²) in [5.41, 5.74) is 14.4. The zero-order chi connectivity index (χ0) is 34.4. The van der Waals surface area contributed by atoms with Crippen LogP contribution >= 0.6 is 0 Å². The van der Waals surface area contributed by atoms with Crippen molar-refractivity contribution in [3.05, 3.63) is 205 Å². The Labute approximate surface area is 303 Å². The number of nitrogens with zero attached hydrogens (tertiary/aromatic N) is 5. The van der Waals surface area contributed by atoms with Gasteiger partial charge in [-0.2, -0.15) is 0 Å². The highest BCUT2D eigenvalue weighted by molar-refractivity contribution is 5.87. The molecule has 0 saturated carbocycles. The molecule has 0 N–H and O–H groups in total. The third kappa shape index (κ3) is 4.97. The average molecular weight is 668 g/mol. The summed E-state index contributed by atoms with van der Waals surface area (Å²) >= 11 is 0. The molecule has 10 rings (SSSR count). The molecule has 2 aromatic heterocycles. The molecule has 2 unspecified atom stereocenters. The summed E-state index contributed by atoms with van der Waals surface area (Å²) in [4.78, 5) is 19.7. The topological polar surface area (TPSA) is 45.2 Å². The molecule has 0 spiro atoms. The van der Waals surface area contributed by atoms with E-state index in [2.05, 4.69) is 161 Å². The van der Waals surface area contributed by atoms with Crippen LogP contribution in [-0.4, -0.2) is 15.0 Å². The zero-order valence-electron chi connectivity index (χ0n) is 28.3. The van der Waals surface area contributed by atoms with Gasteiger partial charge in [-0.1, -0.05) is 127 Å². The van der Waals surface area contributed by atoms with Gasteiger partial charge in [0, 0.05) is 57.6 Å². The highest BCUT2D eigenvalue weighted by atomic mass is 15.2. The molecule has 2 aliphatic heterocycles. The first-order chi connectivity index (χ1) is 25.8. The number of rotatable bonds is 5. The summed E-state index contributed by atoms with van der Waals surface area (Å²) < 4.78 is 0. The molecule has 8 aromatic rings. The Hall–Kier alpha value is -6.85. The van der Waals surface area contributed by atoms with E-state index >= 15 is 0 Å². The number of hydrogen-bond acceptors (Lipinski definition) is 5. The Morgan fingerprint density at radius 3 is 1.67 bits per heavy atom. The molecule has 0 radical (unpaired) electrons. The molecule has 6 aromatic carbocycles. The molecular formula is C47H33N5. The van der Waals surface area contributed by atoms with Crippen molar-refractivity contribution in [1.82, 2.24) is 15.0 Å². The van der Waals surface area contributed by atoms with Crippen molar-refractivity contribution < 1.29 is 0 Å². The van der Waals surface area contributed by atoms with Crippen molar-refractivity contribution in [2.75, 3.05) is 9.80 Å². The summed E-state index contributed by atoms with van der Waals surface area (Å²) in [5.74, 6) is 0.778. The maximum absolute atomic E-state index is 5.09. The van der Waals surface area contributed by atoms with Gasteiger partial charge in [0.1, 0.15) is 0 Å². The van der Waals surface area contributed by atoms with Crippen LogP contribution in [0.1, 0.15) is 28.7 Å². The van der Waals surface area contributed by atoms with E-state index in [4.69, 9.17) is 9.97 Å². The monoisotopic (exact) mass is 667 g/mol. The van der Waals surface area contributed by atoms with E-state index in [1.165, 1.54) is 33.8 Å². The molecule has 246 valence electrons. The summed E-state index contributed by atoms with van der Waals surface area (Å²) in [6.45, 7) is 0. The number of hydrogen-bond donors (Lipinski definition) is 0. The standard InChI is InChI=1S/C47H33N5/c1-4-14-32(15-5-1)40-30-41(50-47(49-40)34-16-6-2-7-17-34)33-24-26-36(27-25-33)52-44-28-29-48-31-39(44)45-37-20-10-12-22-42(37)51(35-18-8-3-9-19-35)43-23-13-11-21-38(43)46(45)52/h1-31,45-46H. The first-order valence-electron chi connectivity index (χ1n) is 17.7. The minimum atomic E-state index is 0.00419. The van der Waals surface area contributed by atoms with Gasteiger partial charge >= 0.3 is 0 Å². The molecule has 0 amide bonds. The minimum Gasteiger partial charge on any atom is -0.333 e. The van der Waals surface area contributed by atoms with Crippen LogP contribution in [0.4, 0.5) is 28.4 Å². The van der Waals surface area contributed by atoms with E-state index in [1.807, 2.05) is 42.6 Å². The van der Waals surface area contributed by atoms with Gasteiger partial charge in [0.2, 0.25) is 0 Å². The highest BCUT2D eigenvalue weighted by Crippen LogP contribution is 2.60. The van der Waals surface area contributed by atoms with Gasteiger partial charge in [0.05, 0.1) is 28.8 Å². The molecule has 0 aliphatic carbocycles. The van der Waals surface area contributed by atoms with Crippen LogP contribution in [0.15, 0.2) is 188 Å². The van der Waals surface area contributed by atoms with Crippen LogP contribution < -0.4 is 9.80 Å². The van der Waals surface area contributed by atoms with Crippen LogP contribution in [0, 0.1) is 0 Å². The minimum absolute atomic E-state index is 0.00419. The molecule has 5 nitrogen and oxygen atoms in total. The van der Waals surface area contributed by atoms with Crippen LogP contribution in [0.25, 0.3) is 33.9 Å². The normalized spacial score (nSPS) is 15.6. The smallest absolute Gasteiger partial charge is 0.160 e. The van der Waals surface area contributed by atoms with Gasteiger partial charge in [-0.05, 0) is 59.7 Å². The quantitative estimate of drug-likeness (QED) is 0.183. The fourth-order valence-electron chi connectivity index (χ4n) is 8.02. The maximum Gasteiger partial charge on any atom is 0.160 e. The van der Waals surface area contributed by atoms with E-state index in [9.17, 15) is 0 Å². The predicted molar refractivity (Wildman–Crippen MR) is 210 cm³/mol. The number of benzene rings is 6. The number of pyridine rings is 1. The third-order valence-electron chi connectivity index (χ3n) is 10.3. The van der Waals surface area contributed by atoms with E-state index in [1.54, 1.807) is 0 Å². The van der Waals surface area contributed by atoms with E-state index in [0.717, 1.165) is 39.5 Å². The van der Waals surface area contributed by atoms with Crippen molar-refractivity contribution in [2.24, 2.45) is 0 Å². The van der Waals surface area contributed by atoms with Crippen molar-refractivity contribution >= 4 is 28.4 Å². The van der Waals surface area contributed by atoms with E-state index in [0.29, 0.717) is 5.82 Å². The van der Waals surface area contributed by atoms with Gasteiger partial charge in [-0.15, -0.1) is 0 Å². The van der Waals surface area contributed by atoms with Gasteiger partial charge in [0.15, 0.2) is 5.82 Å². The molecule has 4 heterocycles. The van der Waals surface area contributed by atoms with Gasteiger partial charge in [-0.25, -0.2) is 9.97 Å². The highest BCUT2D eigenvalue weighted by Gasteiger charge is 2.46. The van der Waals surface area contributed by atoms with E-state index in [-0.39, 0.29) is 12.0 Å². The Balaban J connectivity index is 1.12. The van der Waals surface area contributed by atoms with Crippen molar-refractivity contribution in [2.45, 2.75) is 12.0 Å². The zero-order valence-corrected chi connectivity index (χ0v) is 28.3. The van der Waals surface area contributed by atoms with Gasteiger partial charge in [0.25, 0.3) is 0 Å². The Morgan fingerprint density at radius 2 is 0.981 bits per heavy atom. The lowest BCUT2D eigenvalue weighted by Crippen LogP contribution is -2.22. The fraction of sp³-hybridized carbons (Fsp3) is 0.0426. The van der Waals surface area contributed by atoms with Crippen molar-refractivity contribution in [3.8, 4) is 33.9 Å². The third-order valence-corrected chi connectivity index (χ3v) is 10.3. The molecule has 0 bridgehead atoms. The molecule has 0 fully saturated rings. The van der Waals surface area contributed by atoms with Crippen LogP contribution in [-0.2, 0) is 0 Å². The molecular weight excluding hydrogens is 635 g/mol. The second kappa shape index (κ2) is 12.5. The Kier molecular flexibility index (Phi) is 7.21. The predicted octanol–water partition coefficient (Wildman–Crippen LogP) is 11.7. The second-order valence-corrected chi connectivity index (χ2v) is 13.3. The number of aromatic nitrogens is 3. The van der Waals surface area contributed by atoms with Crippen molar-refractivity contribution in [1.29, 1.82) is 0 Å². The molecule has 0 saturated heterocycles. The number of para-hydroxylation sites is 3. The van der Waals surface area contributed by atoms with Crippen LogP contribution in [0.3, 0.4) is 0 Å². The lowest BCUT2D eigenvalue weighted by molar-refractivity contribution is 0.664. The fourth-order valence-corrected chi connectivity index (χ4v) is 8.02. The summed E-state index contributed by atoms with van der Waals surface area (Å²) in [6, 6.07) is 62.1. The lowest BCUT2D eigenvalue weighted by Gasteiger charge is -2.32.